The molecule has 1 amide bonds. The van der Waals surface area contributed by atoms with E-state index in [9.17, 15) is 9.59 Å². The highest BCUT2D eigenvalue weighted by Gasteiger charge is 2.34. The first-order chi connectivity index (χ1) is 28.1. The van der Waals surface area contributed by atoms with Crippen LogP contribution in [0, 0.1) is 0 Å². The molecule has 2 unspecified atom stereocenters. The number of carbonyl (C=O) groups is 1. The molecule has 11 nitrogen and oxygen atoms in total. The highest BCUT2D eigenvalue weighted by atomic mass is 28.3. The van der Waals surface area contributed by atoms with Crippen LogP contribution < -0.4 is 15.2 Å². The number of methoxy groups -OCH3 is 1. The summed E-state index contributed by atoms with van der Waals surface area (Å²) in [6.07, 6.45) is 0.749. The van der Waals surface area contributed by atoms with Gasteiger partial charge in [-0.25, -0.2) is 9.59 Å². The molecule has 1 fully saturated rings. The van der Waals surface area contributed by atoms with Gasteiger partial charge in [-0.2, -0.15) is 0 Å². The van der Waals surface area contributed by atoms with Crippen molar-refractivity contribution in [3.63, 3.8) is 0 Å². The number of rotatable bonds is 20. The Balaban J connectivity index is 1.13. The van der Waals surface area contributed by atoms with Crippen molar-refractivity contribution in [2.45, 2.75) is 90.6 Å². The van der Waals surface area contributed by atoms with Crippen LogP contribution in [0.5, 0.6) is 11.5 Å². The standard InChI is InChI=1S/C46H59N3O8Si/c1-6-48-41-18-12-17-38(44(41)49(45(48)50)34-54-28-29-58(3,4)5)33-56-43-30-47(46(51)57-31-35-14-8-7-9-15-35)25-24-40(43)36-20-22-39(23-21-36)55-27-13-26-53-32-37-16-10-11-19-42(37)52-2/h7-12,14-23,40,43H,6,13,24-34H2,1-5H3. The average molecular weight is 810 g/mol. The number of imidazole rings is 1. The van der Waals surface area contributed by atoms with Crippen LogP contribution >= 0.6 is 0 Å². The molecular formula is C46H59N3O8Si. The number of amides is 1. The van der Waals surface area contributed by atoms with Crippen LogP contribution in [0.1, 0.15) is 47.9 Å². The molecule has 6 rings (SSSR count). The number of fused-ring (bicyclic) bond motifs is 1. The molecule has 1 aromatic heterocycles. The van der Waals surface area contributed by atoms with E-state index in [4.69, 9.17) is 28.4 Å². The number of piperidine rings is 1. The smallest absolute Gasteiger partial charge is 0.410 e. The fourth-order valence-corrected chi connectivity index (χ4v) is 8.09. The van der Waals surface area contributed by atoms with Gasteiger partial charge in [0.1, 0.15) is 24.8 Å². The zero-order chi connectivity index (χ0) is 40.9. The lowest BCUT2D eigenvalue weighted by atomic mass is 9.87. The summed E-state index contributed by atoms with van der Waals surface area (Å²) in [6.45, 7) is 13.2. The van der Waals surface area contributed by atoms with Crippen LogP contribution in [-0.2, 0) is 52.0 Å². The lowest BCUT2D eigenvalue weighted by Crippen LogP contribution is -2.47. The zero-order valence-electron chi connectivity index (χ0n) is 34.7. The van der Waals surface area contributed by atoms with Gasteiger partial charge in [0, 0.05) is 51.2 Å². The van der Waals surface area contributed by atoms with Crippen LogP contribution in [0.2, 0.25) is 25.7 Å². The minimum atomic E-state index is -1.29. The molecule has 0 saturated carbocycles. The lowest BCUT2D eigenvalue weighted by molar-refractivity contribution is -0.0244. The number of nitrogens with zero attached hydrogens (tertiary/aromatic N) is 3. The Morgan fingerprint density at radius 2 is 1.55 bits per heavy atom. The number of para-hydroxylation sites is 2. The van der Waals surface area contributed by atoms with Crippen LogP contribution in [0.25, 0.3) is 11.0 Å². The molecule has 4 aromatic carbocycles. The van der Waals surface area contributed by atoms with Crippen LogP contribution in [0.3, 0.4) is 0 Å². The Labute approximate surface area is 343 Å². The van der Waals surface area contributed by atoms with Gasteiger partial charge in [-0.3, -0.25) is 9.13 Å². The van der Waals surface area contributed by atoms with Gasteiger partial charge in [0.05, 0.1) is 57.2 Å². The fourth-order valence-electron chi connectivity index (χ4n) is 7.33. The Hall–Kier alpha value is -4.88. The third-order valence-electron chi connectivity index (χ3n) is 10.6. The first-order valence-electron chi connectivity index (χ1n) is 20.4. The van der Waals surface area contributed by atoms with Crippen molar-refractivity contribution in [1.82, 2.24) is 14.0 Å². The van der Waals surface area contributed by atoms with Crippen LogP contribution in [-0.4, -0.2) is 74.3 Å². The van der Waals surface area contributed by atoms with Crippen molar-refractivity contribution in [3.8, 4) is 11.5 Å². The molecule has 0 radical (unpaired) electrons. The molecule has 2 heterocycles. The maximum atomic E-state index is 13.6. The maximum absolute atomic E-state index is 13.6. The Kier molecular flexibility index (Phi) is 15.2. The van der Waals surface area contributed by atoms with Gasteiger partial charge in [0.2, 0.25) is 0 Å². The van der Waals surface area contributed by atoms with Gasteiger partial charge in [0.25, 0.3) is 0 Å². The Bertz CT molecular complexity index is 2110. The van der Waals surface area contributed by atoms with Gasteiger partial charge in [-0.15, -0.1) is 0 Å². The van der Waals surface area contributed by atoms with Crippen LogP contribution in [0.4, 0.5) is 4.79 Å². The summed E-state index contributed by atoms with van der Waals surface area (Å²) < 4.78 is 39.5. The molecule has 12 heteroatoms. The van der Waals surface area contributed by atoms with E-state index in [2.05, 4.69) is 31.8 Å². The molecule has 1 saturated heterocycles. The summed E-state index contributed by atoms with van der Waals surface area (Å²) in [4.78, 5) is 28.8. The predicted molar refractivity (Wildman–Crippen MR) is 229 cm³/mol. The maximum Gasteiger partial charge on any atom is 0.410 e. The first-order valence-corrected chi connectivity index (χ1v) is 24.1. The van der Waals surface area contributed by atoms with Crippen molar-refractivity contribution in [2.24, 2.45) is 0 Å². The summed E-state index contributed by atoms with van der Waals surface area (Å²) in [5.74, 6) is 1.62. The molecule has 1 aliphatic rings. The molecule has 58 heavy (non-hydrogen) atoms. The minimum absolute atomic E-state index is 0.0159. The van der Waals surface area contributed by atoms with Crippen molar-refractivity contribution < 1.29 is 33.2 Å². The molecule has 2 atom stereocenters. The fraction of sp³-hybridized carbons (Fsp3) is 0.435. The number of ether oxygens (including phenoxy) is 6. The van der Waals surface area contributed by atoms with E-state index >= 15 is 0 Å². The molecule has 1 aliphatic heterocycles. The number of carbonyl (C=O) groups excluding carboxylic acids is 1. The summed E-state index contributed by atoms with van der Waals surface area (Å²) in [5, 5.41) is 0. The van der Waals surface area contributed by atoms with E-state index in [0.29, 0.717) is 52.5 Å². The molecule has 0 N–H and O–H groups in total. The minimum Gasteiger partial charge on any atom is -0.496 e. The molecule has 310 valence electrons. The number of hydrogen-bond acceptors (Lipinski definition) is 8. The predicted octanol–water partition coefficient (Wildman–Crippen LogP) is 8.84. The molecule has 0 aliphatic carbocycles. The highest BCUT2D eigenvalue weighted by molar-refractivity contribution is 6.76. The molecule has 0 bridgehead atoms. The van der Waals surface area contributed by atoms with Crippen molar-refractivity contribution in [2.75, 3.05) is 40.0 Å². The lowest BCUT2D eigenvalue weighted by Gasteiger charge is -2.38. The quantitative estimate of drug-likeness (QED) is 0.0568. The van der Waals surface area contributed by atoms with Crippen molar-refractivity contribution >= 4 is 25.2 Å². The summed E-state index contributed by atoms with van der Waals surface area (Å²) >= 11 is 0. The van der Waals surface area contributed by atoms with E-state index in [0.717, 1.165) is 57.3 Å². The average Bonchev–Trinajstić information content (AvgIpc) is 3.52. The van der Waals surface area contributed by atoms with Crippen molar-refractivity contribution in [1.29, 1.82) is 0 Å². The van der Waals surface area contributed by atoms with Gasteiger partial charge in [-0.05, 0) is 54.8 Å². The normalized spacial score (nSPS) is 15.8. The van der Waals surface area contributed by atoms with E-state index in [1.807, 2.05) is 91.9 Å². The third-order valence-corrected chi connectivity index (χ3v) is 12.3. The zero-order valence-corrected chi connectivity index (χ0v) is 35.7. The van der Waals surface area contributed by atoms with Gasteiger partial charge in [0.15, 0.2) is 0 Å². The summed E-state index contributed by atoms with van der Waals surface area (Å²) in [5.41, 5.74) is 5.54. The number of hydrogen-bond donors (Lipinski definition) is 0. The van der Waals surface area contributed by atoms with E-state index < -0.39 is 8.07 Å². The van der Waals surface area contributed by atoms with Crippen molar-refractivity contribution in [3.05, 3.63) is 130 Å². The first kappa shape index (κ1) is 42.7. The number of likely N-dealkylation sites (tertiary alicyclic amines) is 1. The molecular weight excluding hydrogens is 751 g/mol. The van der Waals surface area contributed by atoms with E-state index in [1.54, 1.807) is 21.1 Å². The van der Waals surface area contributed by atoms with Crippen LogP contribution in [0.15, 0.2) is 102 Å². The topological polar surface area (TPSA) is 103 Å². The molecule has 5 aromatic rings. The van der Waals surface area contributed by atoms with E-state index in [1.165, 1.54) is 0 Å². The SMILES string of the molecule is CCn1c(=O)n(COCC[Si](C)(C)C)c2c(COC3CN(C(=O)OCc4ccccc4)CCC3c3ccc(OCCCOCc4ccccc4OC)cc3)cccc21. The van der Waals surface area contributed by atoms with Gasteiger partial charge < -0.3 is 33.3 Å². The number of aromatic nitrogens is 2. The van der Waals surface area contributed by atoms with Gasteiger partial charge >= 0.3 is 11.8 Å². The number of aryl methyl sites for hydroxylation is 1. The largest absolute Gasteiger partial charge is 0.496 e. The Morgan fingerprint density at radius 3 is 2.31 bits per heavy atom. The second kappa shape index (κ2) is 20.7. The molecule has 0 spiro atoms. The van der Waals surface area contributed by atoms with Gasteiger partial charge in [-0.1, -0.05) is 92.4 Å². The summed E-state index contributed by atoms with van der Waals surface area (Å²) in [7, 11) is 0.371. The van der Waals surface area contributed by atoms with E-state index in [-0.39, 0.29) is 43.7 Å². The monoisotopic (exact) mass is 809 g/mol. The Morgan fingerprint density at radius 1 is 0.793 bits per heavy atom. The second-order valence-corrected chi connectivity index (χ2v) is 21.6. The summed E-state index contributed by atoms with van der Waals surface area (Å²) in [6, 6.07) is 32.7. The highest BCUT2D eigenvalue weighted by Crippen LogP contribution is 2.33. The number of benzene rings is 4. The third kappa shape index (κ3) is 11.4. The second-order valence-electron chi connectivity index (χ2n) is 16.0.